The predicted molar refractivity (Wildman–Crippen MR) is 187 cm³/mol. The number of amides is 2. The number of nitrogens with two attached hydrogens (primary N) is 1. The van der Waals surface area contributed by atoms with E-state index in [1.165, 1.54) is 38.8 Å². The summed E-state index contributed by atoms with van der Waals surface area (Å²) >= 11 is 0. The van der Waals surface area contributed by atoms with Crippen molar-refractivity contribution < 1.29 is 24.2 Å². The van der Waals surface area contributed by atoms with Gasteiger partial charge >= 0.3 is 0 Å². The van der Waals surface area contributed by atoms with Crippen molar-refractivity contribution in [3.63, 3.8) is 0 Å². The third-order valence-electron chi connectivity index (χ3n) is 9.70. The fourth-order valence-electron chi connectivity index (χ4n) is 7.12. The van der Waals surface area contributed by atoms with Gasteiger partial charge in [0.15, 0.2) is 6.29 Å². The number of rotatable bonds is 13. The van der Waals surface area contributed by atoms with Crippen LogP contribution >= 0.6 is 0 Å². The summed E-state index contributed by atoms with van der Waals surface area (Å²) in [5.74, 6) is -0.344. The summed E-state index contributed by atoms with van der Waals surface area (Å²) < 4.78 is 13.3. The van der Waals surface area contributed by atoms with Crippen molar-refractivity contribution in [2.75, 3.05) is 49.1 Å². The molecule has 4 unspecified atom stereocenters. The van der Waals surface area contributed by atoms with Crippen LogP contribution in [0.5, 0.6) is 0 Å². The normalized spacial score (nSPS) is 23.3. The fraction of sp³-hybridized carbons (Fsp3) is 0.474. The number of benzene rings is 3. The molecule has 5 N–H and O–H groups in total. The fourth-order valence-corrected chi connectivity index (χ4v) is 7.12. The van der Waals surface area contributed by atoms with Crippen molar-refractivity contribution in [3.05, 3.63) is 89.5 Å². The quantitative estimate of drug-likeness (QED) is 0.175. The number of likely N-dealkylation sites (tertiary alicyclic amines) is 2. The Balaban J connectivity index is 1.08. The molecular formula is C38H49N5O5. The highest BCUT2D eigenvalue weighted by Gasteiger charge is 2.36. The van der Waals surface area contributed by atoms with Gasteiger partial charge < -0.3 is 35.8 Å². The molecule has 3 heterocycles. The number of nitrogen functional groups attached to an aromatic ring is 1. The lowest BCUT2D eigenvalue weighted by Gasteiger charge is -2.39. The van der Waals surface area contributed by atoms with Gasteiger partial charge in [0, 0.05) is 49.6 Å². The summed E-state index contributed by atoms with van der Waals surface area (Å²) in [4.78, 5) is 30.4. The maximum Gasteiger partial charge on any atom is 0.224 e. The molecule has 6 rings (SSSR count). The van der Waals surface area contributed by atoms with Crippen LogP contribution in [-0.2, 0) is 25.7 Å². The minimum Gasteiger partial charge on any atom is -0.397 e. The summed E-state index contributed by atoms with van der Waals surface area (Å²) in [6, 6.07) is 23.3. The molecule has 0 aliphatic carbocycles. The Hall–Kier alpha value is -3.80. The first-order valence-electron chi connectivity index (χ1n) is 17.4. The van der Waals surface area contributed by atoms with Gasteiger partial charge in [0.05, 0.1) is 30.2 Å². The molecule has 3 aliphatic heterocycles. The summed E-state index contributed by atoms with van der Waals surface area (Å²) in [6.45, 7) is 5.48. The zero-order chi connectivity index (χ0) is 33.3. The second-order valence-corrected chi connectivity index (χ2v) is 13.3. The van der Waals surface area contributed by atoms with Crippen LogP contribution in [0.3, 0.4) is 0 Å². The van der Waals surface area contributed by atoms with Crippen molar-refractivity contribution in [2.45, 2.75) is 82.5 Å². The van der Waals surface area contributed by atoms with Crippen molar-refractivity contribution in [2.24, 2.45) is 0 Å². The number of nitrogens with one attached hydrogen (secondary N) is 2. The SMILES string of the molecule is Nc1ccccc1NC(=O)CCCC(=O)Nc1cccc(C2OC(CN3CCCC3CN3CCCC3)CC(c3ccc(CO)cc3)O2)c1. The van der Waals surface area contributed by atoms with Gasteiger partial charge in [-0.1, -0.05) is 48.5 Å². The number of hydrogen-bond acceptors (Lipinski definition) is 8. The molecule has 10 heteroatoms. The van der Waals surface area contributed by atoms with Crippen LogP contribution in [-0.4, -0.2) is 71.6 Å². The van der Waals surface area contributed by atoms with Gasteiger partial charge in [0.1, 0.15) is 0 Å². The Morgan fingerprint density at radius 1 is 0.833 bits per heavy atom. The summed E-state index contributed by atoms with van der Waals surface area (Å²) in [5, 5.41) is 15.4. The lowest BCUT2D eigenvalue weighted by molar-refractivity contribution is -0.253. The van der Waals surface area contributed by atoms with Gasteiger partial charge in [0.2, 0.25) is 11.8 Å². The molecule has 0 aromatic heterocycles. The Labute approximate surface area is 283 Å². The van der Waals surface area contributed by atoms with E-state index < -0.39 is 6.29 Å². The Kier molecular flexibility index (Phi) is 11.7. The van der Waals surface area contributed by atoms with E-state index in [0.29, 0.717) is 29.5 Å². The maximum absolute atomic E-state index is 12.8. The Morgan fingerprint density at radius 2 is 1.60 bits per heavy atom. The monoisotopic (exact) mass is 655 g/mol. The van der Waals surface area contributed by atoms with E-state index in [-0.39, 0.29) is 43.5 Å². The van der Waals surface area contributed by atoms with E-state index in [1.807, 2.05) is 60.7 Å². The van der Waals surface area contributed by atoms with Crippen LogP contribution < -0.4 is 16.4 Å². The first-order chi connectivity index (χ1) is 23.4. The van der Waals surface area contributed by atoms with Gasteiger partial charge in [-0.05, 0) is 87.1 Å². The number of aliphatic hydroxyl groups is 1. The second kappa shape index (κ2) is 16.5. The average Bonchev–Trinajstić information content (AvgIpc) is 3.78. The number of aliphatic hydroxyl groups excluding tert-OH is 1. The van der Waals surface area contributed by atoms with E-state index in [9.17, 15) is 14.7 Å². The lowest BCUT2D eigenvalue weighted by atomic mass is 9.99. The predicted octanol–water partition coefficient (Wildman–Crippen LogP) is 5.61. The number of anilines is 3. The Bertz CT molecular complexity index is 1510. The largest absolute Gasteiger partial charge is 0.397 e. The maximum atomic E-state index is 12.8. The van der Waals surface area contributed by atoms with Crippen LogP contribution in [0.15, 0.2) is 72.8 Å². The minimum absolute atomic E-state index is 0.00204. The van der Waals surface area contributed by atoms with Crippen LogP contribution in [0.1, 0.15) is 80.5 Å². The molecule has 0 bridgehead atoms. The van der Waals surface area contributed by atoms with Crippen LogP contribution in [0, 0.1) is 0 Å². The summed E-state index contributed by atoms with van der Waals surface area (Å²) in [5.41, 5.74) is 10.4. The molecule has 3 fully saturated rings. The van der Waals surface area contributed by atoms with Crippen molar-refractivity contribution >= 4 is 28.9 Å². The number of carbonyl (C=O) groups excluding carboxylic acids is 2. The molecule has 0 saturated carbocycles. The average molecular weight is 656 g/mol. The molecule has 3 aliphatic rings. The molecule has 3 saturated heterocycles. The highest BCUT2D eigenvalue weighted by atomic mass is 16.7. The van der Waals surface area contributed by atoms with Gasteiger partial charge in [-0.3, -0.25) is 14.5 Å². The third-order valence-corrected chi connectivity index (χ3v) is 9.70. The molecule has 0 radical (unpaired) electrons. The molecule has 48 heavy (non-hydrogen) atoms. The lowest BCUT2D eigenvalue weighted by Crippen LogP contribution is -2.45. The number of carbonyl (C=O) groups is 2. The van der Waals surface area contributed by atoms with E-state index in [4.69, 9.17) is 15.2 Å². The van der Waals surface area contributed by atoms with Gasteiger partial charge in [0.25, 0.3) is 0 Å². The highest BCUT2D eigenvalue weighted by molar-refractivity contribution is 5.94. The molecule has 256 valence electrons. The molecule has 3 aromatic carbocycles. The summed E-state index contributed by atoms with van der Waals surface area (Å²) in [6.07, 6.45) is 5.81. The first kappa shape index (κ1) is 34.1. The molecule has 2 amide bonds. The number of para-hydroxylation sites is 2. The third kappa shape index (κ3) is 9.21. The molecule has 4 atom stereocenters. The van der Waals surface area contributed by atoms with E-state index in [0.717, 1.165) is 42.7 Å². The highest BCUT2D eigenvalue weighted by Crippen LogP contribution is 2.39. The number of ether oxygens (including phenoxy) is 2. The van der Waals surface area contributed by atoms with Gasteiger partial charge in [-0.15, -0.1) is 0 Å². The molecule has 0 spiro atoms. The standard InChI is InChI=1S/C38H49N5O5/c39-33-11-1-2-12-34(33)41-37(46)14-6-13-36(45)40-30-9-5-8-29(22-30)38-47-32(23-35(48-38)28-17-15-27(26-44)16-18-28)25-43-21-7-10-31(43)24-42-19-3-4-20-42/h1-2,5,8-9,11-12,15-18,22,31-32,35,38,44H,3-4,6-7,10,13-14,19-21,23-26,39H2,(H,40,45)(H,41,46). The second-order valence-electron chi connectivity index (χ2n) is 13.3. The first-order valence-corrected chi connectivity index (χ1v) is 17.4. The van der Waals surface area contributed by atoms with Crippen LogP contribution in [0.25, 0.3) is 0 Å². The Morgan fingerprint density at radius 3 is 2.38 bits per heavy atom. The van der Waals surface area contributed by atoms with Gasteiger partial charge in [-0.2, -0.15) is 0 Å². The van der Waals surface area contributed by atoms with Crippen molar-refractivity contribution in [3.8, 4) is 0 Å². The zero-order valence-electron chi connectivity index (χ0n) is 27.7. The van der Waals surface area contributed by atoms with Crippen LogP contribution in [0.2, 0.25) is 0 Å². The van der Waals surface area contributed by atoms with Crippen LogP contribution in [0.4, 0.5) is 17.1 Å². The van der Waals surface area contributed by atoms with Crippen molar-refractivity contribution in [1.29, 1.82) is 0 Å². The number of nitrogens with zero attached hydrogens (tertiary/aromatic N) is 2. The molecule has 3 aromatic rings. The van der Waals surface area contributed by atoms with E-state index in [2.05, 4.69) is 20.4 Å². The zero-order valence-corrected chi connectivity index (χ0v) is 27.7. The summed E-state index contributed by atoms with van der Waals surface area (Å²) in [7, 11) is 0. The molecule has 10 nitrogen and oxygen atoms in total. The number of hydrogen-bond donors (Lipinski definition) is 4. The topological polar surface area (TPSA) is 129 Å². The van der Waals surface area contributed by atoms with Gasteiger partial charge in [-0.25, -0.2) is 0 Å². The van der Waals surface area contributed by atoms with Crippen molar-refractivity contribution in [1.82, 2.24) is 9.80 Å². The van der Waals surface area contributed by atoms with E-state index in [1.54, 1.807) is 12.1 Å². The molecular weight excluding hydrogens is 606 g/mol. The van der Waals surface area contributed by atoms with E-state index >= 15 is 0 Å². The minimum atomic E-state index is -0.600. The smallest absolute Gasteiger partial charge is 0.224 e.